The van der Waals surface area contributed by atoms with Crippen LogP contribution < -0.4 is 4.90 Å². The summed E-state index contributed by atoms with van der Waals surface area (Å²) in [7, 11) is 0. The van der Waals surface area contributed by atoms with E-state index in [-0.39, 0.29) is 0 Å². The molecular formula is C16H15F2N3S. The third-order valence-corrected chi connectivity index (χ3v) is 4.26. The van der Waals surface area contributed by atoms with E-state index in [0.717, 1.165) is 5.39 Å². The second kappa shape index (κ2) is 6.36. The summed E-state index contributed by atoms with van der Waals surface area (Å²) in [5, 5.41) is 2.80. The van der Waals surface area contributed by atoms with Crippen LogP contribution in [0.3, 0.4) is 0 Å². The smallest absolute Gasteiger partial charge is 0.297 e. The fourth-order valence-corrected chi connectivity index (χ4v) is 3.06. The lowest BCUT2D eigenvalue weighted by Gasteiger charge is -2.23. The molecule has 0 aliphatic heterocycles. The SMILES string of the molecule is CCN(Cc1cccs1)c1nc(C(F)F)nc2ccccc12. The van der Waals surface area contributed by atoms with E-state index < -0.39 is 12.2 Å². The molecule has 1 aromatic carbocycles. The largest absolute Gasteiger partial charge is 0.351 e. The molecule has 3 rings (SSSR count). The van der Waals surface area contributed by atoms with Gasteiger partial charge in [-0.1, -0.05) is 18.2 Å². The van der Waals surface area contributed by atoms with Gasteiger partial charge >= 0.3 is 0 Å². The van der Waals surface area contributed by atoms with Gasteiger partial charge in [0.15, 0.2) is 5.82 Å². The van der Waals surface area contributed by atoms with Gasteiger partial charge in [-0.3, -0.25) is 0 Å². The van der Waals surface area contributed by atoms with Crippen LogP contribution in [0.2, 0.25) is 0 Å². The number of rotatable bonds is 5. The first-order valence-electron chi connectivity index (χ1n) is 7.01. The topological polar surface area (TPSA) is 29.0 Å². The van der Waals surface area contributed by atoms with Crippen molar-refractivity contribution in [2.24, 2.45) is 0 Å². The Balaban J connectivity index is 2.10. The summed E-state index contributed by atoms with van der Waals surface area (Å²) in [6, 6.07) is 11.3. The van der Waals surface area contributed by atoms with Crippen molar-refractivity contribution in [2.75, 3.05) is 11.4 Å². The van der Waals surface area contributed by atoms with Gasteiger partial charge in [0.05, 0.1) is 12.1 Å². The normalized spacial score (nSPS) is 11.3. The quantitative estimate of drug-likeness (QED) is 0.685. The molecule has 0 aliphatic rings. The molecule has 0 amide bonds. The molecule has 6 heteroatoms. The Hall–Kier alpha value is -2.08. The molecule has 0 saturated carbocycles. The molecule has 0 atom stereocenters. The number of fused-ring (bicyclic) bond motifs is 1. The lowest BCUT2D eigenvalue weighted by Crippen LogP contribution is -2.23. The molecule has 0 fully saturated rings. The zero-order valence-corrected chi connectivity index (χ0v) is 12.9. The summed E-state index contributed by atoms with van der Waals surface area (Å²) in [4.78, 5) is 11.3. The number of benzene rings is 1. The maximum absolute atomic E-state index is 13.1. The maximum Gasteiger partial charge on any atom is 0.297 e. The number of alkyl halides is 2. The fourth-order valence-electron chi connectivity index (χ4n) is 2.34. The van der Waals surface area contributed by atoms with Crippen LogP contribution in [-0.4, -0.2) is 16.5 Å². The van der Waals surface area contributed by atoms with Crippen molar-refractivity contribution < 1.29 is 8.78 Å². The molecule has 0 bridgehead atoms. The van der Waals surface area contributed by atoms with Gasteiger partial charge in [-0.15, -0.1) is 11.3 Å². The molecule has 2 heterocycles. The highest BCUT2D eigenvalue weighted by Gasteiger charge is 2.18. The van der Waals surface area contributed by atoms with Gasteiger partial charge in [0.1, 0.15) is 5.82 Å². The highest BCUT2D eigenvalue weighted by Crippen LogP contribution is 2.28. The molecule has 114 valence electrons. The van der Waals surface area contributed by atoms with E-state index in [0.29, 0.717) is 24.4 Å². The minimum atomic E-state index is -2.68. The van der Waals surface area contributed by atoms with E-state index in [9.17, 15) is 8.78 Å². The van der Waals surface area contributed by atoms with Crippen LogP contribution in [0, 0.1) is 0 Å². The maximum atomic E-state index is 13.1. The van der Waals surface area contributed by atoms with E-state index in [4.69, 9.17) is 0 Å². The van der Waals surface area contributed by atoms with Crippen molar-refractivity contribution in [3.8, 4) is 0 Å². The van der Waals surface area contributed by atoms with Crippen LogP contribution >= 0.6 is 11.3 Å². The summed E-state index contributed by atoms with van der Waals surface area (Å²) < 4.78 is 26.2. The molecule has 0 saturated heterocycles. The second-order valence-corrected chi connectivity index (χ2v) is 5.85. The molecule has 2 aromatic heterocycles. The minimum absolute atomic E-state index is 0.418. The first kappa shape index (κ1) is 14.8. The molecule has 0 spiro atoms. The molecule has 0 aliphatic carbocycles. The van der Waals surface area contributed by atoms with Gasteiger partial charge in [-0.05, 0) is 30.5 Å². The van der Waals surface area contributed by atoms with Crippen molar-refractivity contribution in [3.63, 3.8) is 0 Å². The van der Waals surface area contributed by atoms with Crippen LogP contribution in [0.15, 0.2) is 41.8 Å². The summed E-state index contributed by atoms with van der Waals surface area (Å²) in [6.45, 7) is 3.33. The number of halogens is 2. The van der Waals surface area contributed by atoms with Gasteiger partial charge in [0.25, 0.3) is 6.43 Å². The van der Waals surface area contributed by atoms with Crippen molar-refractivity contribution >= 4 is 28.1 Å². The Morgan fingerprint density at radius 2 is 1.95 bits per heavy atom. The molecule has 0 radical (unpaired) electrons. The third-order valence-electron chi connectivity index (χ3n) is 3.40. The summed E-state index contributed by atoms with van der Waals surface area (Å²) >= 11 is 1.64. The van der Waals surface area contributed by atoms with E-state index in [2.05, 4.69) is 9.97 Å². The van der Waals surface area contributed by atoms with Crippen molar-refractivity contribution in [2.45, 2.75) is 19.9 Å². The Morgan fingerprint density at radius 1 is 1.14 bits per heavy atom. The second-order valence-electron chi connectivity index (χ2n) is 4.82. The van der Waals surface area contributed by atoms with E-state index in [1.807, 2.05) is 41.5 Å². The Morgan fingerprint density at radius 3 is 2.64 bits per heavy atom. The average Bonchev–Trinajstić information content (AvgIpc) is 3.04. The van der Waals surface area contributed by atoms with Gasteiger partial charge in [0, 0.05) is 16.8 Å². The van der Waals surface area contributed by atoms with E-state index >= 15 is 0 Å². The minimum Gasteiger partial charge on any atom is -0.351 e. The zero-order chi connectivity index (χ0) is 15.5. The standard InChI is InChI=1S/C16H15F2N3S/c1-2-21(10-11-6-5-9-22-11)16-12-7-3-4-8-13(12)19-15(20-16)14(17)18/h3-9,14H,2,10H2,1H3. The number of hydrogen-bond donors (Lipinski definition) is 0. The molecule has 0 unspecified atom stereocenters. The predicted molar refractivity (Wildman–Crippen MR) is 85.5 cm³/mol. The van der Waals surface area contributed by atoms with Crippen molar-refractivity contribution in [1.29, 1.82) is 0 Å². The fraction of sp³-hybridized carbons (Fsp3) is 0.250. The van der Waals surface area contributed by atoms with Gasteiger partial charge < -0.3 is 4.90 Å². The van der Waals surface area contributed by atoms with Gasteiger partial charge in [0.2, 0.25) is 0 Å². The van der Waals surface area contributed by atoms with E-state index in [1.54, 1.807) is 23.5 Å². The summed E-state index contributed by atoms with van der Waals surface area (Å²) in [6.07, 6.45) is -2.68. The van der Waals surface area contributed by atoms with Crippen LogP contribution in [0.1, 0.15) is 24.1 Å². The number of aromatic nitrogens is 2. The Labute approximate surface area is 131 Å². The lowest BCUT2D eigenvalue weighted by atomic mass is 10.2. The number of para-hydroxylation sites is 1. The number of thiophene rings is 1. The zero-order valence-electron chi connectivity index (χ0n) is 12.0. The summed E-state index contributed by atoms with van der Waals surface area (Å²) in [5.74, 6) is 0.148. The highest BCUT2D eigenvalue weighted by atomic mass is 32.1. The number of hydrogen-bond acceptors (Lipinski definition) is 4. The van der Waals surface area contributed by atoms with Gasteiger partial charge in [-0.25, -0.2) is 18.7 Å². The van der Waals surface area contributed by atoms with Crippen LogP contribution in [0.4, 0.5) is 14.6 Å². The van der Waals surface area contributed by atoms with E-state index in [1.165, 1.54) is 4.88 Å². The van der Waals surface area contributed by atoms with Gasteiger partial charge in [-0.2, -0.15) is 0 Å². The lowest BCUT2D eigenvalue weighted by molar-refractivity contribution is 0.141. The van der Waals surface area contributed by atoms with Crippen LogP contribution in [-0.2, 0) is 6.54 Å². The molecule has 22 heavy (non-hydrogen) atoms. The molecule has 0 N–H and O–H groups in total. The highest BCUT2D eigenvalue weighted by molar-refractivity contribution is 7.09. The monoisotopic (exact) mass is 319 g/mol. The number of anilines is 1. The van der Waals surface area contributed by atoms with Crippen LogP contribution in [0.25, 0.3) is 10.9 Å². The predicted octanol–water partition coefficient (Wildman–Crippen LogP) is 4.66. The number of nitrogens with zero attached hydrogens (tertiary/aromatic N) is 3. The third kappa shape index (κ3) is 2.92. The van der Waals surface area contributed by atoms with Crippen molar-refractivity contribution in [1.82, 2.24) is 9.97 Å². The Kier molecular flexibility index (Phi) is 4.29. The average molecular weight is 319 g/mol. The molecule has 3 aromatic rings. The molecule has 3 nitrogen and oxygen atoms in total. The first-order chi connectivity index (χ1) is 10.7. The Bertz CT molecular complexity index is 759. The summed E-state index contributed by atoms with van der Waals surface area (Å²) in [5.41, 5.74) is 0.549. The molecular weight excluding hydrogens is 304 g/mol. The van der Waals surface area contributed by atoms with Crippen LogP contribution in [0.5, 0.6) is 0 Å². The van der Waals surface area contributed by atoms with Crippen molar-refractivity contribution in [3.05, 3.63) is 52.5 Å². The first-order valence-corrected chi connectivity index (χ1v) is 7.89.